The molecule has 0 aliphatic carbocycles. The summed E-state index contributed by atoms with van der Waals surface area (Å²) in [4.78, 5) is 5.05. The van der Waals surface area contributed by atoms with Gasteiger partial charge in [0, 0.05) is 32.7 Å². The summed E-state index contributed by atoms with van der Waals surface area (Å²) in [6.07, 6.45) is 0. The Kier molecular flexibility index (Phi) is 5.74. The van der Waals surface area contributed by atoms with Gasteiger partial charge in [0.25, 0.3) is 0 Å². The first-order chi connectivity index (χ1) is 14.0. The average molecular weight is 391 g/mol. The molecule has 1 saturated heterocycles. The predicted molar refractivity (Wildman–Crippen MR) is 114 cm³/mol. The average Bonchev–Trinajstić information content (AvgIpc) is 3.21. The van der Waals surface area contributed by atoms with Crippen molar-refractivity contribution in [3.05, 3.63) is 77.6 Å². The smallest absolute Gasteiger partial charge is 0.173 e. The second-order valence-electron chi connectivity index (χ2n) is 8.73. The molecule has 0 unspecified atom stereocenters. The second-order valence-corrected chi connectivity index (χ2v) is 8.73. The maximum Gasteiger partial charge on any atom is 0.173 e. The van der Waals surface area contributed by atoms with E-state index in [-0.39, 0.29) is 11.6 Å². The molecular weight excluding hydrogens is 360 g/mol. The fourth-order valence-electron chi connectivity index (χ4n) is 4.02. The van der Waals surface area contributed by atoms with Crippen LogP contribution in [0.25, 0.3) is 0 Å². The highest BCUT2D eigenvalue weighted by atomic mass is 15.6. The molecule has 0 radical (unpaired) electrons. The van der Waals surface area contributed by atoms with Crippen LogP contribution in [-0.2, 0) is 12.1 Å². The summed E-state index contributed by atoms with van der Waals surface area (Å²) < 4.78 is 1.97. The molecule has 1 atom stereocenters. The summed E-state index contributed by atoms with van der Waals surface area (Å²) in [6, 6.07) is 21.4. The minimum Gasteiger partial charge on any atom is -0.297 e. The van der Waals surface area contributed by atoms with Gasteiger partial charge in [0.05, 0.1) is 11.6 Å². The van der Waals surface area contributed by atoms with Crippen LogP contribution >= 0.6 is 0 Å². The van der Waals surface area contributed by atoms with Crippen molar-refractivity contribution in [1.29, 1.82) is 0 Å². The van der Waals surface area contributed by atoms with Crippen molar-refractivity contribution >= 4 is 0 Å². The molecule has 1 fully saturated rings. The van der Waals surface area contributed by atoms with E-state index in [9.17, 15) is 0 Å². The van der Waals surface area contributed by atoms with E-state index < -0.39 is 0 Å². The Labute approximate surface area is 173 Å². The maximum atomic E-state index is 4.47. The second kappa shape index (κ2) is 8.43. The predicted octanol–water partition coefficient (Wildman–Crippen LogP) is 3.34. The fourth-order valence-corrected chi connectivity index (χ4v) is 4.02. The molecule has 4 rings (SSSR count). The van der Waals surface area contributed by atoms with Crippen LogP contribution in [0.5, 0.6) is 0 Å². The van der Waals surface area contributed by atoms with Gasteiger partial charge >= 0.3 is 0 Å². The van der Waals surface area contributed by atoms with Crippen LogP contribution in [0.4, 0.5) is 0 Å². The van der Waals surface area contributed by atoms with Gasteiger partial charge < -0.3 is 0 Å². The molecule has 6 nitrogen and oxygen atoms in total. The lowest BCUT2D eigenvalue weighted by Gasteiger charge is -2.39. The minimum atomic E-state index is -0.166. The summed E-state index contributed by atoms with van der Waals surface area (Å²) in [5.41, 5.74) is 2.45. The number of piperazine rings is 1. The van der Waals surface area contributed by atoms with Crippen molar-refractivity contribution in [3.63, 3.8) is 0 Å². The third-order valence-electron chi connectivity index (χ3n) is 5.51. The van der Waals surface area contributed by atoms with E-state index >= 15 is 0 Å². The zero-order valence-corrected chi connectivity index (χ0v) is 17.6. The van der Waals surface area contributed by atoms with Crippen LogP contribution < -0.4 is 0 Å². The van der Waals surface area contributed by atoms with Crippen LogP contribution in [0.3, 0.4) is 0 Å². The van der Waals surface area contributed by atoms with E-state index in [2.05, 4.69) is 107 Å². The quantitative estimate of drug-likeness (QED) is 0.669. The largest absolute Gasteiger partial charge is 0.297 e. The van der Waals surface area contributed by atoms with Crippen molar-refractivity contribution in [3.8, 4) is 0 Å². The zero-order valence-electron chi connectivity index (χ0n) is 17.6. The number of hydrogen-bond donors (Lipinski definition) is 0. The summed E-state index contributed by atoms with van der Waals surface area (Å²) in [7, 11) is 0. The lowest BCUT2D eigenvalue weighted by molar-refractivity contribution is 0.0979. The molecule has 2 aromatic carbocycles. The first kappa shape index (κ1) is 19.7. The Hall–Kier alpha value is -2.57. The van der Waals surface area contributed by atoms with Crippen LogP contribution in [0.15, 0.2) is 60.7 Å². The van der Waals surface area contributed by atoms with E-state index in [0.29, 0.717) is 0 Å². The first-order valence-corrected chi connectivity index (χ1v) is 10.4. The number of benzene rings is 2. The molecular formula is C23H30N6. The van der Waals surface area contributed by atoms with Crippen molar-refractivity contribution in [2.75, 3.05) is 26.2 Å². The van der Waals surface area contributed by atoms with Gasteiger partial charge in [-0.1, -0.05) is 60.7 Å². The van der Waals surface area contributed by atoms with Crippen LogP contribution in [0.1, 0.15) is 43.8 Å². The van der Waals surface area contributed by atoms with Gasteiger partial charge in [-0.25, -0.2) is 4.68 Å². The first-order valence-electron chi connectivity index (χ1n) is 10.4. The molecule has 1 aliphatic rings. The number of hydrogen-bond acceptors (Lipinski definition) is 5. The molecule has 0 spiro atoms. The molecule has 29 heavy (non-hydrogen) atoms. The molecule has 2 heterocycles. The van der Waals surface area contributed by atoms with E-state index in [1.807, 2.05) is 4.68 Å². The van der Waals surface area contributed by atoms with Gasteiger partial charge in [-0.3, -0.25) is 9.80 Å². The molecule has 3 aromatic rings. The Morgan fingerprint density at radius 3 is 2.10 bits per heavy atom. The number of aromatic nitrogens is 4. The van der Waals surface area contributed by atoms with Crippen LogP contribution in [0.2, 0.25) is 0 Å². The Morgan fingerprint density at radius 2 is 1.48 bits per heavy atom. The Morgan fingerprint density at radius 1 is 0.862 bits per heavy atom. The van der Waals surface area contributed by atoms with Gasteiger partial charge in [0.15, 0.2) is 5.82 Å². The maximum absolute atomic E-state index is 4.47. The molecule has 6 heteroatoms. The van der Waals surface area contributed by atoms with E-state index in [1.165, 1.54) is 11.1 Å². The molecule has 1 aromatic heterocycles. The van der Waals surface area contributed by atoms with Crippen LogP contribution in [0, 0.1) is 0 Å². The molecule has 0 amide bonds. The standard InChI is InChI=1S/C23H30N6/c1-23(2,3)29-22(24-25-26-29)21(20-12-8-5-9-13-20)28-16-14-27(15-17-28)18-19-10-6-4-7-11-19/h4-13,21H,14-18H2,1-3H3/t21-/m1/s1. The third kappa shape index (κ3) is 4.54. The van der Waals surface area contributed by atoms with Gasteiger partial charge in [-0.2, -0.15) is 0 Å². The Bertz CT molecular complexity index is 892. The van der Waals surface area contributed by atoms with Gasteiger partial charge in [0.1, 0.15) is 0 Å². The van der Waals surface area contributed by atoms with Gasteiger partial charge in [0.2, 0.25) is 0 Å². The highest BCUT2D eigenvalue weighted by Crippen LogP contribution is 2.30. The topological polar surface area (TPSA) is 50.1 Å². The normalized spacial score (nSPS) is 17.3. The Balaban J connectivity index is 1.55. The van der Waals surface area contributed by atoms with Crippen molar-refractivity contribution in [1.82, 2.24) is 30.0 Å². The molecule has 1 aliphatic heterocycles. The SMILES string of the molecule is CC(C)(C)n1nnnc1[C@@H](c1ccccc1)N1CCN(Cc2ccccc2)CC1. The highest BCUT2D eigenvalue weighted by molar-refractivity contribution is 5.25. The van der Waals surface area contributed by atoms with E-state index in [0.717, 1.165) is 38.5 Å². The third-order valence-corrected chi connectivity index (χ3v) is 5.51. The minimum absolute atomic E-state index is 0.0595. The fraction of sp³-hybridized carbons (Fsp3) is 0.435. The van der Waals surface area contributed by atoms with E-state index in [4.69, 9.17) is 0 Å². The van der Waals surface area contributed by atoms with Crippen molar-refractivity contribution in [2.45, 2.75) is 38.9 Å². The molecule has 0 saturated carbocycles. The van der Waals surface area contributed by atoms with Crippen molar-refractivity contribution in [2.24, 2.45) is 0 Å². The lowest BCUT2D eigenvalue weighted by Crippen LogP contribution is -2.48. The molecule has 152 valence electrons. The van der Waals surface area contributed by atoms with E-state index in [1.54, 1.807) is 0 Å². The summed E-state index contributed by atoms with van der Waals surface area (Å²) in [6.45, 7) is 11.5. The lowest BCUT2D eigenvalue weighted by atomic mass is 10.0. The molecule has 0 bridgehead atoms. The number of nitrogens with zero attached hydrogens (tertiary/aromatic N) is 6. The summed E-state index contributed by atoms with van der Waals surface area (Å²) in [5, 5.41) is 12.8. The summed E-state index contributed by atoms with van der Waals surface area (Å²) in [5.74, 6) is 0.917. The number of tetrazole rings is 1. The van der Waals surface area contributed by atoms with Crippen LogP contribution in [-0.4, -0.2) is 56.2 Å². The van der Waals surface area contributed by atoms with Gasteiger partial charge in [-0.05, 0) is 42.3 Å². The number of rotatable bonds is 5. The monoisotopic (exact) mass is 390 g/mol. The highest BCUT2D eigenvalue weighted by Gasteiger charge is 2.33. The van der Waals surface area contributed by atoms with Gasteiger partial charge in [-0.15, -0.1) is 5.10 Å². The zero-order chi connectivity index (χ0) is 20.3. The molecule has 0 N–H and O–H groups in total. The summed E-state index contributed by atoms with van der Waals surface area (Å²) >= 11 is 0. The van der Waals surface area contributed by atoms with Crippen molar-refractivity contribution < 1.29 is 0 Å².